The van der Waals surface area contributed by atoms with Crippen LogP contribution in [0.4, 0.5) is 0 Å². The molecule has 0 radical (unpaired) electrons. The minimum Gasteiger partial charge on any atom is -0.380 e. The van der Waals surface area contributed by atoms with E-state index in [0.29, 0.717) is 18.2 Å². The molecule has 5 heteroatoms. The van der Waals surface area contributed by atoms with Gasteiger partial charge >= 0.3 is 0 Å². The summed E-state index contributed by atoms with van der Waals surface area (Å²) in [5, 5.41) is 3.68. The quantitative estimate of drug-likeness (QED) is 0.849. The maximum Gasteiger partial charge on any atom is 0.170 e. The maximum absolute atomic E-state index is 5.97. The molecule has 1 spiro atoms. The van der Waals surface area contributed by atoms with Crippen molar-refractivity contribution in [1.29, 1.82) is 0 Å². The van der Waals surface area contributed by atoms with Crippen LogP contribution in [0, 0.1) is 0 Å². The van der Waals surface area contributed by atoms with Gasteiger partial charge in [0.1, 0.15) is 0 Å². The fourth-order valence-corrected chi connectivity index (χ4v) is 4.23. The molecule has 0 aromatic heterocycles. The van der Waals surface area contributed by atoms with E-state index in [2.05, 4.69) is 17.1 Å². The van der Waals surface area contributed by atoms with Crippen LogP contribution in [0.2, 0.25) is 0 Å². The molecule has 1 N–H and O–H groups in total. The average molecular weight is 298 g/mol. The Morgan fingerprint density at radius 3 is 2.81 bits per heavy atom. The predicted molar refractivity (Wildman–Crippen MR) is 81.3 cm³/mol. The van der Waals surface area contributed by atoms with Crippen molar-refractivity contribution in [2.45, 2.75) is 63.0 Å². The van der Waals surface area contributed by atoms with E-state index in [1.807, 2.05) is 7.11 Å². The third kappa shape index (κ3) is 3.42. The second kappa shape index (κ2) is 6.92. The molecule has 2 saturated heterocycles. The topological polar surface area (TPSA) is 43.0 Å². The smallest absolute Gasteiger partial charge is 0.170 e. The number of nitrogens with one attached hydrogen (secondary N) is 1. The van der Waals surface area contributed by atoms with Crippen LogP contribution >= 0.6 is 0 Å². The fourth-order valence-electron chi connectivity index (χ4n) is 4.23. The second-order valence-electron chi connectivity index (χ2n) is 6.58. The van der Waals surface area contributed by atoms with Gasteiger partial charge in [-0.2, -0.15) is 0 Å². The number of nitrogens with zero attached hydrogens (tertiary/aromatic N) is 1. The minimum absolute atomic E-state index is 0.309. The van der Waals surface area contributed by atoms with Gasteiger partial charge in [0.05, 0.1) is 19.3 Å². The van der Waals surface area contributed by atoms with Gasteiger partial charge in [-0.25, -0.2) is 0 Å². The molecule has 1 saturated carbocycles. The van der Waals surface area contributed by atoms with Gasteiger partial charge in [0, 0.05) is 38.6 Å². The van der Waals surface area contributed by atoms with Crippen LogP contribution in [-0.4, -0.2) is 68.8 Å². The van der Waals surface area contributed by atoms with Crippen LogP contribution in [0.1, 0.15) is 39.0 Å². The summed E-state index contributed by atoms with van der Waals surface area (Å²) in [7, 11) is 1.83. The van der Waals surface area contributed by atoms with Crippen LogP contribution in [-0.2, 0) is 14.2 Å². The zero-order chi connectivity index (χ0) is 14.7. The predicted octanol–water partition coefficient (Wildman–Crippen LogP) is 1.37. The van der Waals surface area contributed by atoms with E-state index in [1.54, 1.807) is 0 Å². The Morgan fingerprint density at radius 2 is 2.10 bits per heavy atom. The first-order valence-electron chi connectivity index (χ1n) is 8.54. The molecular formula is C16H30N2O3. The lowest BCUT2D eigenvalue weighted by Crippen LogP contribution is -2.60. The highest BCUT2D eigenvalue weighted by atomic mass is 16.7. The first-order valence-corrected chi connectivity index (χ1v) is 8.54. The molecule has 0 aromatic rings. The van der Waals surface area contributed by atoms with E-state index >= 15 is 0 Å². The number of hydrogen-bond acceptors (Lipinski definition) is 5. The van der Waals surface area contributed by atoms with E-state index in [4.69, 9.17) is 14.2 Å². The number of likely N-dealkylation sites (N-methyl/N-ethyl adjacent to an activating group) is 1. The Balaban J connectivity index is 1.70. The highest BCUT2D eigenvalue weighted by molar-refractivity contribution is 4.97. The van der Waals surface area contributed by atoms with Crippen LogP contribution < -0.4 is 5.32 Å². The third-order valence-electron chi connectivity index (χ3n) is 5.31. The summed E-state index contributed by atoms with van der Waals surface area (Å²) in [5.74, 6) is -0.309. The molecule has 5 nitrogen and oxygen atoms in total. The molecular weight excluding hydrogens is 268 g/mol. The number of ether oxygens (including phenoxy) is 3. The molecule has 122 valence electrons. The minimum atomic E-state index is -0.309. The van der Waals surface area contributed by atoms with Gasteiger partial charge in [-0.05, 0) is 32.4 Å². The number of likely N-dealkylation sites (tertiary alicyclic amines) is 1. The molecule has 0 bridgehead atoms. The van der Waals surface area contributed by atoms with E-state index in [0.717, 1.165) is 45.6 Å². The third-order valence-corrected chi connectivity index (χ3v) is 5.31. The monoisotopic (exact) mass is 298 g/mol. The van der Waals surface area contributed by atoms with Crippen LogP contribution in [0.25, 0.3) is 0 Å². The molecule has 0 amide bonds. The van der Waals surface area contributed by atoms with Crippen molar-refractivity contribution >= 4 is 0 Å². The second-order valence-corrected chi connectivity index (χ2v) is 6.58. The molecule has 2 aliphatic heterocycles. The molecule has 3 rings (SSSR count). The standard InChI is InChI=1S/C16H30N2O3/c1-3-17-14-6-7-16(20-9-10-21-16)11-15(14)18-8-4-5-13(12-18)19-2/h13-15,17H,3-12H2,1-2H3. The average Bonchev–Trinajstić information content (AvgIpc) is 2.98. The summed E-state index contributed by atoms with van der Waals surface area (Å²) >= 11 is 0. The van der Waals surface area contributed by atoms with Crippen molar-refractivity contribution in [3.8, 4) is 0 Å². The lowest BCUT2D eigenvalue weighted by Gasteiger charge is -2.48. The van der Waals surface area contributed by atoms with Crippen molar-refractivity contribution in [3.63, 3.8) is 0 Å². The highest BCUT2D eigenvalue weighted by Crippen LogP contribution is 2.38. The molecule has 3 unspecified atom stereocenters. The summed E-state index contributed by atoms with van der Waals surface area (Å²) in [6.45, 7) is 6.93. The van der Waals surface area contributed by atoms with Gasteiger partial charge in [0.2, 0.25) is 0 Å². The summed E-state index contributed by atoms with van der Waals surface area (Å²) in [5.41, 5.74) is 0. The molecule has 0 aromatic carbocycles. The fraction of sp³-hybridized carbons (Fsp3) is 1.00. The number of rotatable bonds is 4. The highest BCUT2D eigenvalue weighted by Gasteiger charge is 2.47. The van der Waals surface area contributed by atoms with Crippen LogP contribution in [0.15, 0.2) is 0 Å². The Kier molecular flexibility index (Phi) is 5.17. The zero-order valence-corrected chi connectivity index (χ0v) is 13.5. The lowest BCUT2D eigenvalue weighted by atomic mass is 9.83. The number of hydrogen-bond donors (Lipinski definition) is 1. The first kappa shape index (κ1) is 15.7. The normalized spacial score (nSPS) is 37.1. The van der Waals surface area contributed by atoms with Gasteiger partial charge in [-0.15, -0.1) is 0 Å². The molecule has 3 fully saturated rings. The lowest BCUT2D eigenvalue weighted by molar-refractivity contribution is -0.195. The Morgan fingerprint density at radius 1 is 1.29 bits per heavy atom. The summed E-state index contributed by atoms with van der Waals surface area (Å²) < 4.78 is 17.5. The van der Waals surface area contributed by atoms with E-state index < -0.39 is 0 Å². The van der Waals surface area contributed by atoms with Crippen molar-refractivity contribution in [2.75, 3.05) is 40.0 Å². The van der Waals surface area contributed by atoms with Gasteiger partial charge in [0.25, 0.3) is 0 Å². The Bertz CT molecular complexity index is 333. The number of methoxy groups -OCH3 is 1. The SMILES string of the molecule is CCNC1CCC2(CC1N1CCCC(OC)C1)OCCO2. The molecule has 2 heterocycles. The van der Waals surface area contributed by atoms with Gasteiger partial charge < -0.3 is 19.5 Å². The van der Waals surface area contributed by atoms with E-state index in [1.165, 1.54) is 19.4 Å². The summed E-state index contributed by atoms with van der Waals surface area (Å²) in [6.07, 6.45) is 5.92. The maximum atomic E-state index is 5.97. The van der Waals surface area contributed by atoms with Gasteiger partial charge in [0.15, 0.2) is 5.79 Å². The zero-order valence-electron chi connectivity index (χ0n) is 13.5. The van der Waals surface area contributed by atoms with Crippen molar-refractivity contribution in [3.05, 3.63) is 0 Å². The summed E-state index contributed by atoms with van der Waals surface area (Å²) in [6, 6.07) is 1.04. The molecule has 1 aliphatic carbocycles. The number of piperidine rings is 1. The van der Waals surface area contributed by atoms with Gasteiger partial charge in [-0.1, -0.05) is 6.92 Å². The molecule has 3 aliphatic rings. The van der Waals surface area contributed by atoms with Crippen molar-refractivity contribution in [2.24, 2.45) is 0 Å². The Hall–Kier alpha value is -0.200. The van der Waals surface area contributed by atoms with E-state index in [-0.39, 0.29) is 5.79 Å². The van der Waals surface area contributed by atoms with Gasteiger partial charge in [-0.3, -0.25) is 4.90 Å². The largest absolute Gasteiger partial charge is 0.380 e. The molecule has 21 heavy (non-hydrogen) atoms. The van der Waals surface area contributed by atoms with Crippen molar-refractivity contribution < 1.29 is 14.2 Å². The molecule has 3 atom stereocenters. The first-order chi connectivity index (χ1) is 10.3. The van der Waals surface area contributed by atoms with E-state index in [9.17, 15) is 0 Å². The summed E-state index contributed by atoms with van der Waals surface area (Å²) in [4.78, 5) is 2.61. The van der Waals surface area contributed by atoms with Crippen LogP contribution in [0.3, 0.4) is 0 Å². The van der Waals surface area contributed by atoms with Crippen LogP contribution in [0.5, 0.6) is 0 Å². The Labute approximate surface area is 128 Å². The van der Waals surface area contributed by atoms with Crippen molar-refractivity contribution in [1.82, 2.24) is 10.2 Å².